The number of carbonyl (C=O) groups is 1. The van der Waals surface area contributed by atoms with Crippen LogP contribution in [0.3, 0.4) is 0 Å². The molecule has 5 nitrogen and oxygen atoms in total. The van der Waals surface area contributed by atoms with Gasteiger partial charge in [-0.25, -0.2) is 5.43 Å². The van der Waals surface area contributed by atoms with Crippen molar-refractivity contribution in [2.45, 2.75) is 13.3 Å². The summed E-state index contributed by atoms with van der Waals surface area (Å²) in [6.07, 6.45) is 2.50. The molecule has 0 fully saturated rings. The second kappa shape index (κ2) is 8.19. The van der Waals surface area contributed by atoms with Gasteiger partial charge in [0.2, 0.25) is 0 Å². The molecule has 0 saturated carbocycles. The van der Waals surface area contributed by atoms with E-state index in [9.17, 15) is 4.79 Å². The molecule has 1 N–H and O–H groups in total. The van der Waals surface area contributed by atoms with Gasteiger partial charge in [-0.15, -0.1) is 11.3 Å². The highest BCUT2D eigenvalue weighted by molar-refractivity contribution is 7.12. The van der Waals surface area contributed by atoms with E-state index in [1.807, 2.05) is 36.6 Å². The van der Waals surface area contributed by atoms with Crippen molar-refractivity contribution in [3.63, 3.8) is 0 Å². The van der Waals surface area contributed by atoms with Gasteiger partial charge in [0.1, 0.15) is 0 Å². The molecule has 1 amide bonds. The summed E-state index contributed by atoms with van der Waals surface area (Å²) in [4.78, 5) is 12.4. The number of rotatable bonds is 7. The van der Waals surface area contributed by atoms with Crippen LogP contribution in [0.15, 0.2) is 40.8 Å². The van der Waals surface area contributed by atoms with Crippen LogP contribution in [0.2, 0.25) is 0 Å². The van der Waals surface area contributed by atoms with Crippen LogP contribution in [0.1, 0.15) is 28.6 Å². The van der Waals surface area contributed by atoms with E-state index >= 15 is 0 Å². The second-order valence-electron chi connectivity index (χ2n) is 4.44. The third-order valence-corrected chi connectivity index (χ3v) is 3.64. The summed E-state index contributed by atoms with van der Waals surface area (Å²) >= 11 is 1.37. The molecule has 0 unspecified atom stereocenters. The molecule has 1 aromatic heterocycles. The van der Waals surface area contributed by atoms with Crippen molar-refractivity contribution in [2.24, 2.45) is 5.10 Å². The summed E-state index contributed by atoms with van der Waals surface area (Å²) < 4.78 is 10.9. The van der Waals surface area contributed by atoms with Crippen molar-refractivity contribution in [3.05, 3.63) is 46.2 Å². The van der Waals surface area contributed by atoms with E-state index in [1.165, 1.54) is 11.3 Å². The van der Waals surface area contributed by atoms with Gasteiger partial charge in [0.15, 0.2) is 11.5 Å². The average Bonchev–Trinajstić information content (AvgIpc) is 3.07. The topological polar surface area (TPSA) is 59.9 Å². The SMILES string of the molecule is CCCOc1ccc(C=NNC(=O)c2cccs2)cc1OC. The zero-order chi connectivity index (χ0) is 15.8. The van der Waals surface area contributed by atoms with Gasteiger partial charge >= 0.3 is 0 Å². The Morgan fingerprint density at radius 2 is 2.23 bits per heavy atom. The molecular weight excluding hydrogens is 300 g/mol. The maximum atomic E-state index is 11.7. The molecular formula is C16H18N2O3S. The van der Waals surface area contributed by atoms with E-state index < -0.39 is 0 Å². The van der Waals surface area contributed by atoms with Crippen LogP contribution in [-0.2, 0) is 0 Å². The van der Waals surface area contributed by atoms with Gasteiger partial charge in [-0.3, -0.25) is 4.79 Å². The summed E-state index contributed by atoms with van der Waals surface area (Å²) in [5, 5.41) is 5.80. The number of hydrazone groups is 1. The fourth-order valence-electron chi connectivity index (χ4n) is 1.72. The summed E-state index contributed by atoms with van der Waals surface area (Å²) in [6, 6.07) is 9.07. The molecule has 0 aliphatic heterocycles. The molecule has 1 heterocycles. The van der Waals surface area contributed by atoms with Crippen LogP contribution in [0.4, 0.5) is 0 Å². The van der Waals surface area contributed by atoms with E-state index in [-0.39, 0.29) is 5.91 Å². The fourth-order valence-corrected chi connectivity index (χ4v) is 2.34. The van der Waals surface area contributed by atoms with Crippen molar-refractivity contribution >= 4 is 23.5 Å². The van der Waals surface area contributed by atoms with Gasteiger partial charge in [-0.05, 0) is 41.6 Å². The third-order valence-electron chi connectivity index (χ3n) is 2.77. The Hall–Kier alpha value is -2.34. The summed E-state index contributed by atoms with van der Waals surface area (Å²) in [7, 11) is 1.59. The van der Waals surface area contributed by atoms with E-state index in [4.69, 9.17) is 9.47 Å². The lowest BCUT2D eigenvalue weighted by molar-refractivity contribution is 0.0959. The number of nitrogens with one attached hydrogen (secondary N) is 1. The van der Waals surface area contributed by atoms with Gasteiger partial charge in [0.25, 0.3) is 5.91 Å². The highest BCUT2D eigenvalue weighted by atomic mass is 32.1. The molecule has 6 heteroatoms. The van der Waals surface area contributed by atoms with Gasteiger partial charge in [0, 0.05) is 0 Å². The van der Waals surface area contributed by atoms with Crippen LogP contribution in [-0.4, -0.2) is 25.8 Å². The highest BCUT2D eigenvalue weighted by Gasteiger charge is 2.06. The number of thiophene rings is 1. The number of amides is 1. The molecule has 2 aromatic rings. The summed E-state index contributed by atoms with van der Waals surface area (Å²) in [6.45, 7) is 2.68. The number of nitrogens with zero attached hydrogens (tertiary/aromatic N) is 1. The minimum Gasteiger partial charge on any atom is -0.493 e. The van der Waals surface area contributed by atoms with Crippen molar-refractivity contribution in [1.82, 2.24) is 5.43 Å². The first kappa shape index (κ1) is 16.0. The first-order chi connectivity index (χ1) is 10.7. The molecule has 22 heavy (non-hydrogen) atoms. The molecule has 116 valence electrons. The Morgan fingerprint density at radius 1 is 1.36 bits per heavy atom. The number of hydrogen-bond donors (Lipinski definition) is 1. The van der Waals surface area contributed by atoms with Crippen LogP contribution < -0.4 is 14.9 Å². The Kier molecular flexibility index (Phi) is 5.97. The molecule has 0 aliphatic rings. The predicted octanol–water partition coefficient (Wildman–Crippen LogP) is 3.31. The Morgan fingerprint density at radius 3 is 2.91 bits per heavy atom. The number of benzene rings is 1. The second-order valence-corrected chi connectivity index (χ2v) is 5.38. The molecule has 0 spiro atoms. The maximum absolute atomic E-state index is 11.7. The standard InChI is InChI=1S/C16H18N2O3S/c1-3-8-21-13-7-6-12(10-14(13)20-2)11-17-18-16(19)15-5-4-9-22-15/h4-7,9-11H,3,8H2,1-2H3,(H,18,19). The first-order valence-electron chi connectivity index (χ1n) is 6.92. The lowest BCUT2D eigenvalue weighted by Gasteiger charge is -2.10. The molecule has 0 saturated heterocycles. The average molecular weight is 318 g/mol. The fraction of sp³-hybridized carbons (Fsp3) is 0.250. The summed E-state index contributed by atoms with van der Waals surface area (Å²) in [5.74, 6) is 1.12. The van der Waals surface area contributed by atoms with Crippen molar-refractivity contribution < 1.29 is 14.3 Å². The zero-order valence-electron chi connectivity index (χ0n) is 12.5. The Bertz CT molecular complexity index is 639. The zero-order valence-corrected chi connectivity index (χ0v) is 13.4. The Labute approximate surface area is 133 Å². The lowest BCUT2D eigenvalue weighted by atomic mass is 10.2. The normalized spacial score (nSPS) is 10.6. The van der Waals surface area contributed by atoms with E-state index in [1.54, 1.807) is 19.4 Å². The maximum Gasteiger partial charge on any atom is 0.281 e. The van der Waals surface area contributed by atoms with Crippen LogP contribution in [0.25, 0.3) is 0 Å². The molecule has 0 aliphatic carbocycles. The summed E-state index contributed by atoms with van der Waals surface area (Å²) in [5.41, 5.74) is 3.30. The highest BCUT2D eigenvalue weighted by Crippen LogP contribution is 2.27. The molecule has 2 rings (SSSR count). The van der Waals surface area contributed by atoms with Gasteiger partial charge in [-0.2, -0.15) is 5.10 Å². The smallest absolute Gasteiger partial charge is 0.281 e. The van der Waals surface area contributed by atoms with Gasteiger partial charge in [0.05, 0.1) is 24.8 Å². The first-order valence-corrected chi connectivity index (χ1v) is 7.80. The monoisotopic (exact) mass is 318 g/mol. The minimum atomic E-state index is -0.221. The van der Waals surface area contributed by atoms with Crippen LogP contribution in [0.5, 0.6) is 11.5 Å². The van der Waals surface area contributed by atoms with E-state index in [0.717, 1.165) is 12.0 Å². The van der Waals surface area contributed by atoms with Crippen molar-refractivity contribution in [2.75, 3.05) is 13.7 Å². The lowest BCUT2D eigenvalue weighted by Crippen LogP contribution is -2.16. The van der Waals surface area contributed by atoms with Crippen molar-refractivity contribution in [3.8, 4) is 11.5 Å². The van der Waals surface area contributed by atoms with Crippen LogP contribution >= 0.6 is 11.3 Å². The predicted molar refractivity (Wildman–Crippen MR) is 88.2 cm³/mol. The minimum absolute atomic E-state index is 0.221. The number of methoxy groups -OCH3 is 1. The van der Waals surface area contributed by atoms with Crippen molar-refractivity contribution in [1.29, 1.82) is 0 Å². The molecule has 0 atom stereocenters. The third kappa shape index (κ3) is 4.33. The Balaban J connectivity index is 2.00. The number of carbonyl (C=O) groups excluding carboxylic acids is 1. The van der Waals surface area contributed by atoms with Crippen LogP contribution in [0, 0.1) is 0 Å². The van der Waals surface area contributed by atoms with Gasteiger partial charge < -0.3 is 9.47 Å². The largest absolute Gasteiger partial charge is 0.493 e. The van der Waals surface area contributed by atoms with E-state index in [0.29, 0.717) is 23.0 Å². The molecule has 1 aromatic carbocycles. The quantitative estimate of drug-likeness (QED) is 0.629. The van der Waals surface area contributed by atoms with E-state index in [2.05, 4.69) is 10.5 Å². The molecule has 0 radical (unpaired) electrons. The number of ether oxygens (including phenoxy) is 2. The number of hydrogen-bond acceptors (Lipinski definition) is 5. The van der Waals surface area contributed by atoms with Gasteiger partial charge in [-0.1, -0.05) is 13.0 Å². The molecule has 0 bridgehead atoms.